The number of benzene rings is 1. The summed E-state index contributed by atoms with van der Waals surface area (Å²) in [5.41, 5.74) is -0.657. The number of alkyl halides is 3. The monoisotopic (exact) mass is 222 g/mol. The van der Waals surface area contributed by atoms with Crippen LogP contribution in [0.1, 0.15) is 5.56 Å². The molecule has 1 aromatic rings. The molecule has 1 aromatic carbocycles. The Labute approximate surface area is 83.7 Å². The third-order valence-electron chi connectivity index (χ3n) is 1.89. The summed E-state index contributed by atoms with van der Waals surface area (Å²) in [6.45, 7) is 0. The molecular weight excluding hydrogens is 213 g/mol. The second-order valence-corrected chi connectivity index (χ2v) is 2.90. The molecule has 1 rings (SSSR count). The van der Waals surface area contributed by atoms with Crippen molar-refractivity contribution in [3.8, 4) is 5.75 Å². The van der Waals surface area contributed by atoms with Crippen LogP contribution >= 0.6 is 0 Å². The molecule has 0 amide bonds. The third kappa shape index (κ3) is 2.21. The molecule has 2 N–H and O–H groups in total. The summed E-state index contributed by atoms with van der Waals surface area (Å²) in [5, 5.41) is 17.8. The molecule has 0 aromatic heterocycles. The van der Waals surface area contributed by atoms with Crippen LogP contribution in [0.25, 0.3) is 0 Å². The van der Waals surface area contributed by atoms with Crippen molar-refractivity contribution in [3.63, 3.8) is 0 Å². The highest BCUT2D eigenvalue weighted by atomic mass is 19.4. The van der Waals surface area contributed by atoms with E-state index in [0.29, 0.717) is 5.75 Å². The zero-order valence-corrected chi connectivity index (χ0v) is 7.75. The van der Waals surface area contributed by atoms with E-state index in [1.54, 1.807) is 0 Å². The second kappa shape index (κ2) is 3.71. The maximum absolute atomic E-state index is 12.2. The highest BCUT2D eigenvalue weighted by Crippen LogP contribution is 2.36. The Morgan fingerprint density at radius 3 is 1.87 bits per heavy atom. The average Bonchev–Trinajstić information content (AvgIpc) is 2.16. The minimum absolute atomic E-state index is 0.330. The Hall–Kier alpha value is -1.27. The first-order valence-corrected chi connectivity index (χ1v) is 3.95. The summed E-state index contributed by atoms with van der Waals surface area (Å²) in [6, 6.07) is 4.29. The van der Waals surface area contributed by atoms with Gasteiger partial charge in [-0.2, -0.15) is 13.2 Å². The van der Waals surface area contributed by atoms with E-state index < -0.39 is 17.5 Å². The lowest BCUT2D eigenvalue weighted by atomic mass is 10.1. The van der Waals surface area contributed by atoms with Crippen LogP contribution in [-0.2, 0) is 5.79 Å². The van der Waals surface area contributed by atoms with Gasteiger partial charge in [-0.05, 0) is 24.3 Å². The summed E-state index contributed by atoms with van der Waals surface area (Å²) in [6.07, 6.45) is -5.14. The molecule has 0 bridgehead atoms. The normalized spacial score (nSPS) is 12.7. The number of hydrogen-bond acceptors (Lipinski definition) is 3. The minimum Gasteiger partial charge on any atom is -0.497 e. The Bertz CT molecular complexity index is 329. The number of rotatable bonds is 2. The fourth-order valence-corrected chi connectivity index (χ4v) is 0.987. The van der Waals surface area contributed by atoms with Gasteiger partial charge in [-0.3, -0.25) is 0 Å². The summed E-state index contributed by atoms with van der Waals surface area (Å²) >= 11 is 0. The first-order valence-electron chi connectivity index (χ1n) is 3.95. The SMILES string of the molecule is COc1ccc(C(O)(O)C(F)(F)F)cc1. The average molecular weight is 222 g/mol. The lowest BCUT2D eigenvalue weighted by molar-refractivity contribution is -0.358. The lowest BCUT2D eigenvalue weighted by Crippen LogP contribution is -2.41. The summed E-state index contributed by atoms with van der Waals surface area (Å²) < 4.78 is 41.2. The van der Waals surface area contributed by atoms with Crippen molar-refractivity contribution >= 4 is 0 Å². The topological polar surface area (TPSA) is 49.7 Å². The molecule has 15 heavy (non-hydrogen) atoms. The van der Waals surface area contributed by atoms with Gasteiger partial charge in [0.2, 0.25) is 0 Å². The van der Waals surface area contributed by atoms with E-state index in [4.69, 9.17) is 14.9 Å². The van der Waals surface area contributed by atoms with E-state index >= 15 is 0 Å². The lowest BCUT2D eigenvalue weighted by Gasteiger charge is -2.24. The number of aliphatic hydroxyl groups is 2. The van der Waals surface area contributed by atoms with Gasteiger partial charge in [0.25, 0.3) is 5.79 Å². The molecule has 84 valence electrons. The number of ether oxygens (including phenoxy) is 1. The molecule has 0 radical (unpaired) electrons. The molecule has 0 aliphatic rings. The predicted molar refractivity (Wildman–Crippen MR) is 45.2 cm³/mol. The van der Waals surface area contributed by atoms with Crippen molar-refractivity contribution in [1.29, 1.82) is 0 Å². The first kappa shape index (κ1) is 11.8. The number of methoxy groups -OCH3 is 1. The minimum atomic E-state index is -5.14. The Kier molecular flexibility index (Phi) is 2.92. The zero-order chi connectivity index (χ0) is 11.7. The summed E-state index contributed by atoms with van der Waals surface area (Å²) in [7, 11) is 1.35. The Morgan fingerprint density at radius 1 is 1.07 bits per heavy atom. The molecule has 0 saturated heterocycles. The van der Waals surface area contributed by atoms with Crippen molar-refractivity contribution in [2.75, 3.05) is 7.11 Å². The highest BCUT2D eigenvalue weighted by molar-refractivity contribution is 5.30. The molecule has 0 saturated carbocycles. The molecule has 3 nitrogen and oxygen atoms in total. The molecule has 0 fully saturated rings. The second-order valence-electron chi connectivity index (χ2n) is 2.90. The van der Waals surface area contributed by atoms with Crippen LogP contribution in [0.5, 0.6) is 5.75 Å². The van der Waals surface area contributed by atoms with E-state index in [9.17, 15) is 13.2 Å². The molecule has 0 unspecified atom stereocenters. The molecule has 0 spiro atoms. The molecule has 0 heterocycles. The van der Waals surface area contributed by atoms with Crippen LogP contribution in [0.15, 0.2) is 24.3 Å². The van der Waals surface area contributed by atoms with Crippen LogP contribution in [0.2, 0.25) is 0 Å². The van der Waals surface area contributed by atoms with Crippen LogP contribution in [0.3, 0.4) is 0 Å². The largest absolute Gasteiger partial charge is 0.497 e. The molecule has 0 atom stereocenters. The number of hydrogen-bond donors (Lipinski definition) is 2. The van der Waals surface area contributed by atoms with Crippen LogP contribution in [-0.4, -0.2) is 23.5 Å². The number of halogens is 3. The maximum atomic E-state index is 12.2. The highest BCUT2D eigenvalue weighted by Gasteiger charge is 2.54. The summed E-state index contributed by atoms with van der Waals surface area (Å²) in [4.78, 5) is 0. The van der Waals surface area contributed by atoms with Crippen molar-refractivity contribution in [3.05, 3.63) is 29.8 Å². The fourth-order valence-electron chi connectivity index (χ4n) is 0.987. The van der Waals surface area contributed by atoms with Gasteiger partial charge in [0.15, 0.2) is 0 Å². The van der Waals surface area contributed by atoms with Gasteiger partial charge >= 0.3 is 6.18 Å². The van der Waals surface area contributed by atoms with Gasteiger partial charge in [-0.1, -0.05) is 0 Å². The molecule has 0 aliphatic heterocycles. The van der Waals surface area contributed by atoms with Crippen LogP contribution in [0, 0.1) is 0 Å². The van der Waals surface area contributed by atoms with E-state index in [-0.39, 0.29) is 0 Å². The van der Waals surface area contributed by atoms with Crippen molar-refractivity contribution in [2.45, 2.75) is 12.0 Å². The van der Waals surface area contributed by atoms with E-state index in [0.717, 1.165) is 12.1 Å². The maximum Gasteiger partial charge on any atom is 0.447 e. The zero-order valence-electron chi connectivity index (χ0n) is 7.75. The summed E-state index contributed by atoms with van der Waals surface area (Å²) in [5.74, 6) is -3.50. The predicted octanol–water partition coefficient (Wildman–Crippen LogP) is 1.39. The standard InChI is InChI=1S/C9H9F3O3/c1-15-7-4-2-6(3-5-7)8(13,14)9(10,11)12/h2-5,13-14H,1H3. The third-order valence-corrected chi connectivity index (χ3v) is 1.89. The van der Waals surface area contributed by atoms with Crippen molar-refractivity contribution in [2.24, 2.45) is 0 Å². The molecule has 0 aliphatic carbocycles. The molecule has 6 heteroatoms. The van der Waals surface area contributed by atoms with Crippen LogP contribution in [0.4, 0.5) is 13.2 Å². The Morgan fingerprint density at radius 2 is 1.53 bits per heavy atom. The van der Waals surface area contributed by atoms with Gasteiger partial charge in [0, 0.05) is 5.56 Å². The van der Waals surface area contributed by atoms with Crippen LogP contribution < -0.4 is 4.74 Å². The van der Waals surface area contributed by atoms with Gasteiger partial charge in [0.05, 0.1) is 7.11 Å². The van der Waals surface area contributed by atoms with Gasteiger partial charge < -0.3 is 14.9 Å². The van der Waals surface area contributed by atoms with Crippen molar-refractivity contribution < 1.29 is 28.1 Å². The van der Waals surface area contributed by atoms with E-state index in [2.05, 4.69) is 0 Å². The quantitative estimate of drug-likeness (QED) is 0.743. The van der Waals surface area contributed by atoms with E-state index in [1.807, 2.05) is 0 Å². The molecular formula is C9H9F3O3. The van der Waals surface area contributed by atoms with Gasteiger partial charge in [0.1, 0.15) is 5.75 Å². The van der Waals surface area contributed by atoms with Crippen molar-refractivity contribution in [1.82, 2.24) is 0 Å². The fraction of sp³-hybridized carbons (Fsp3) is 0.333. The van der Waals surface area contributed by atoms with Gasteiger partial charge in [-0.15, -0.1) is 0 Å². The Balaban J connectivity index is 3.06. The first-order chi connectivity index (χ1) is 6.79. The van der Waals surface area contributed by atoms with Gasteiger partial charge in [-0.25, -0.2) is 0 Å². The smallest absolute Gasteiger partial charge is 0.447 e. The van der Waals surface area contributed by atoms with E-state index in [1.165, 1.54) is 19.2 Å².